The number of nitrogens with zero attached hydrogens (tertiary/aromatic N) is 4. The predicted molar refractivity (Wildman–Crippen MR) is 75.4 cm³/mol. The van der Waals surface area contributed by atoms with Crippen LogP contribution in [-0.4, -0.2) is 57.1 Å². The Bertz CT molecular complexity index is 559. The van der Waals surface area contributed by atoms with Crippen molar-refractivity contribution in [3.05, 3.63) is 18.0 Å². The van der Waals surface area contributed by atoms with E-state index in [0.717, 1.165) is 6.20 Å². The molecule has 2 rings (SSSR count). The van der Waals surface area contributed by atoms with Crippen LogP contribution in [0.3, 0.4) is 0 Å². The van der Waals surface area contributed by atoms with Crippen molar-refractivity contribution in [3.8, 4) is 0 Å². The Labute approximate surface area is 127 Å². The van der Waals surface area contributed by atoms with Gasteiger partial charge in [-0.25, -0.2) is 4.68 Å². The largest absolute Gasteiger partial charge is 0.339 e. The molecule has 2 amide bonds. The van der Waals surface area contributed by atoms with Crippen LogP contribution in [0.1, 0.15) is 37.8 Å². The Morgan fingerprint density at radius 2 is 2.09 bits per heavy atom. The summed E-state index contributed by atoms with van der Waals surface area (Å²) >= 11 is 0. The van der Waals surface area contributed by atoms with Gasteiger partial charge in [-0.15, -0.1) is 0 Å². The van der Waals surface area contributed by atoms with Crippen molar-refractivity contribution in [2.24, 2.45) is 5.92 Å². The number of aromatic nitrogens is 2. The lowest BCUT2D eigenvalue weighted by atomic mass is 10.1. The van der Waals surface area contributed by atoms with Gasteiger partial charge in [-0.1, -0.05) is 13.8 Å². The average molecular weight is 314 g/mol. The molecule has 1 aromatic heterocycles. The number of hydrogen-bond acceptors (Lipinski definition) is 3. The van der Waals surface area contributed by atoms with E-state index < -0.39 is 18.5 Å². The summed E-state index contributed by atoms with van der Waals surface area (Å²) in [4.78, 5) is 27.8. The summed E-state index contributed by atoms with van der Waals surface area (Å²) in [5.41, 5.74) is -0.0720. The third-order valence-corrected chi connectivity index (χ3v) is 3.62. The zero-order valence-corrected chi connectivity index (χ0v) is 12.9. The molecule has 8 heteroatoms. The summed E-state index contributed by atoms with van der Waals surface area (Å²) in [6.07, 6.45) is 1.05. The van der Waals surface area contributed by atoms with Gasteiger partial charge in [-0.2, -0.15) is 13.9 Å². The lowest BCUT2D eigenvalue weighted by Crippen LogP contribution is -2.58. The molecule has 0 aliphatic carbocycles. The maximum Gasteiger partial charge on any atom is 0.333 e. The molecule has 6 nitrogen and oxygen atoms in total. The number of amides is 2. The molecule has 22 heavy (non-hydrogen) atoms. The van der Waals surface area contributed by atoms with Gasteiger partial charge in [-0.3, -0.25) is 9.59 Å². The van der Waals surface area contributed by atoms with Crippen molar-refractivity contribution in [1.82, 2.24) is 19.6 Å². The van der Waals surface area contributed by atoms with Crippen molar-refractivity contribution < 1.29 is 18.4 Å². The Balaban J connectivity index is 2.09. The summed E-state index contributed by atoms with van der Waals surface area (Å²) in [6, 6.07) is 0.628. The van der Waals surface area contributed by atoms with Gasteiger partial charge in [0.25, 0.3) is 5.91 Å². The summed E-state index contributed by atoms with van der Waals surface area (Å²) < 4.78 is 25.4. The lowest BCUT2D eigenvalue weighted by molar-refractivity contribution is -0.140. The van der Waals surface area contributed by atoms with E-state index in [0.29, 0.717) is 30.2 Å². The van der Waals surface area contributed by atoms with Gasteiger partial charge in [0.15, 0.2) is 5.69 Å². The van der Waals surface area contributed by atoms with Gasteiger partial charge in [-0.05, 0) is 18.9 Å². The van der Waals surface area contributed by atoms with Gasteiger partial charge in [0.05, 0.1) is 0 Å². The molecule has 0 bridgehead atoms. The van der Waals surface area contributed by atoms with Crippen molar-refractivity contribution in [1.29, 1.82) is 0 Å². The fourth-order valence-electron chi connectivity index (χ4n) is 2.54. The monoisotopic (exact) mass is 314 g/mol. The quantitative estimate of drug-likeness (QED) is 0.848. The Morgan fingerprint density at radius 3 is 2.64 bits per heavy atom. The van der Waals surface area contributed by atoms with E-state index in [2.05, 4.69) is 5.10 Å². The van der Waals surface area contributed by atoms with Crippen LogP contribution in [0.25, 0.3) is 0 Å². The van der Waals surface area contributed by atoms with Crippen LogP contribution in [-0.2, 0) is 4.79 Å². The first-order valence-corrected chi connectivity index (χ1v) is 7.24. The highest BCUT2D eigenvalue weighted by Gasteiger charge is 2.35. The molecule has 0 spiro atoms. The number of rotatable bonds is 4. The highest BCUT2D eigenvalue weighted by molar-refractivity contribution is 5.96. The van der Waals surface area contributed by atoms with Gasteiger partial charge in [0, 0.05) is 25.8 Å². The van der Waals surface area contributed by atoms with E-state index >= 15 is 0 Å². The van der Waals surface area contributed by atoms with Crippen LogP contribution in [0.15, 0.2) is 12.3 Å². The lowest BCUT2D eigenvalue weighted by Gasteiger charge is -2.39. The molecule has 1 aliphatic rings. The Hall–Kier alpha value is -1.99. The van der Waals surface area contributed by atoms with Crippen molar-refractivity contribution >= 4 is 11.8 Å². The highest BCUT2D eigenvalue weighted by atomic mass is 19.3. The smallest absolute Gasteiger partial charge is 0.333 e. The molecule has 1 atom stereocenters. The average Bonchev–Trinajstić information content (AvgIpc) is 2.93. The van der Waals surface area contributed by atoms with Crippen LogP contribution in [0.5, 0.6) is 0 Å². The number of piperazine rings is 1. The molecule has 1 unspecified atom stereocenters. The van der Waals surface area contributed by atoms with Crippen molar-refractivity contribution in [2.45, 2.75) is 33.4 Å². The minimum Gasteiger partial charge on any atom is -0.339 e. The second kappa shape index (κ2) is 6.41. The van der Waals surface area contributed by atoms with Crippen LogP contribution >= 0.6 is 0 Å². The van der Waals surface area contributed by atoms with Crippen LogP contribution < -0.4 is 0 Å². The minimum atomic E-state index is -2.79. The van der Waals surface area contributed by atoms with Crippen molar-refractivity contribution in [2.75, 3.05) is 19.6 Å². The molecule has 1 aliphatic heterocycles. The zero-order valence-electron chi connectivity index (χ0n) is 12.9. The summed E-state index contributed by atoms with van der Waals surface area (Å²) in [5.74, 6) is -0.272. The van der Waals surface area contributed by atoms with Gasteiger partial charge in [0.1, 0.15) is 6.04 Å². The third kappa shape index (κ3) is 3.26. The van der Waals surface area contributed by atoms with E-state index in [4.69, 9.17) is 0 Å². The Morgan fingerprint density at radius 1 is 1.41 bits per heavy atom. The fourth-order valence-corrected chi connectivity index (χ4v) is 2.54. The van der Waals surface area contributed by atoms with Gasteiger partial charge >= 0.3 is 6.55 Å². The zero-order chi connectivity index (χ0) is 16.4. The number of hydrogen-bond donors (Lipinski definition) is 0. The Kier molecular flexibility index (Phi) is 4.77. The molecule has 1 aromatic rings. The third-order valence-electron chi connectivity index (χ3n) is 3.62. The van der Waals surface area contributed by atoms with E-state index in [1.807, 2.05) is 13.8 Å². The molecule has 1 saturated heterocycles. The van der Waals surface area contributed by atoms with Crippen LogP contribution in [0, 0.1) is 5.92 Å². The molecule has 0 N–H and O–H groups in total. The van der Waals surface area contributed by atoms with E-state index in [1.165, 1.54) is 11.0 Å². The van der Waals surface area contributed by atoms with Crippen LogP contribution in [0.2, 0.25) is 0 Å². The molecule has 0 aromatic carbocycles. The van der Waals surface area contributed by atoms with Crippen LogP contribution in [0.4, 0.5) is 8.78 Å². The molecular formula is C14H20F2N4O2. The van der Waals surface area contributed by atoms with Gasteiger partial charge in [0.2, 0.25) is 5.91 Å². The molecule has 1 fully saturated rings. The molecular weight excluding hydrogens is 294 g/mol. The summed E-state index contributed by atoms with van der Waals surface area (Å²) in [7, 11) is 0. The number of alkyl halides is 2. The highest BCUT2D eigenvalue weighted by Crippen LogP contribution is 2.17. The first kappa shape index (κ1) is 16.4. The molecule has 0 radical (unpaired) electrons. The van der Waals surface area contributed by atoms with E-state index in [1.54, 1.807) is 11.8 Å². The maximum atomic E-state index is 12.5. The van der Waals surface area contributed by atoms with Crippen molar-refractivity contribution in [3.63, 3.8) is 0 Å². The van der Waals surface area contributed by atoms with Gasteiger partial charge < -0.3 is 9.80 Å². The fraction of sp³-hybridized carbons (Fsp3) is 0.643. The first-order valence-electron chi connectivity index (χ1n) is 7.24. The predicted octanol–water partition coefficient (Wildman–Crippen LogP) is 1.61. The number of carbonyl (C=O) groups excluding carboxylic acids is 2. The molecule has 2 heterocycles. The first-order chi connectivity index (χ1) is 10.3. The molecule has 122 valence electrons. The topological polar surface area (TPSA) is 58.4 Å². The summed E-state index contributed by atoms with van der Waals surface area (Å²) in [6.45, 7) is 4.37. The normalized spacial score (nSPS) is 19.4. The maximum absolute atomic E-state index is 12.5. The second-order valence-electron chi connectivity index (χ2n) is 5.81. The number of halogens is 2. The SMILES string of the molecule is CC(C)CN1CCN(C(=O)c2ccn(C(F)F)n2)C(C)C1=O. The van der Waals surface area contributed by atoms with E-state index in [-0.39, 0.29) is 11.6 Å². The standard InChI is InChI=1S/C14H20F2N4O2/c1-9(2)8-18-6-7-19(10(3)12(18)21)13(22)11-4-5-20(17-11)14(15)16/h4-5,9-10,14H,6-8H2,1-3H3. The minimum absolute atomic E-state index is 0.0720. The second-order valence-corrected chi connectivity index (χ2v) is 5.81. The summed E-state index contributed by atoms with van der Waals surface area (Å²) in [5, 5.41) is 3.56. The number of carbonyl (C=O) groups is 2. The van der Waals surface area contributed by atoms with E-state index in [9.17, 15) is 18.4 Å². The molecule has 0 saturated carbocycles.